The van der Waals surface area contributed by atoms with Gasteiger partial charge in [-0.05, 0) is 38.3 Å². The number of imidazole rings is 1. The third-order valence-corrected chi connectivity index (χ3v) is 4.68. The van der Waals surface area contributed by atoms with E-state index in [0.717, 1.165) is 30.2 Å². The minimum Gasteiger partial charge on any atom is -0.384 e. The Morgan fingerprint density at radius 3 is 2.03 bits per heavy atom. The number of rotatable bonds is 3. The highest BCUT2D eigenvalue weighted by Crippen LogP contribution is 2.35. The Labute approximate surface area is 183 Å². The summed E-state index contributed by atoms with van der Waals surface area (Å²) in [6.07, 6.45) is 0.906. The fourth-order valence-electron chi connectivity index (χ4n) is 3.22. The highest BCUT2D eigenvalue weighted by molar-refractivity contribution is 5.98. The number of aryl methyl sites for hydroxylation is 2. The summed E-state index contributed by atoms with van der Waals surface area (Å²) in [5.41, 5.74) is 8.72. The molecule has 0 bridgehead atoms. The first-order chi connectivity index (χ1) is 13.4. The number of amides is 1. The van der Waals surface area contributed by atoms with Gasteiger partial charge in [0.15, 0.2) is 0 Å². The molecule has 2 aromatic rings. The van der Waals surface area contributed by atoms with Gasteiger partial charge in [-0.1, -0.05) is 61.6 Å². The molecule has 0 aliphatic carbocycles. The number of likely N-dealkylation sites (tertiary alicyclic amines) is 1. The molecule has 1 amide bonds. The summed E-state index contributed by atoms with van der Waals surface area (Å²) >= 11 is 0. The smallest absolute Gasteiger partial charge is 0.254 e. The van der Waals surface area contributed by atoms with Crippen LogP contribution in [0.2, 0.25) is 0 Å². The summed E-state index contributed by atoms with van der Waals surface area (Å²) in [5, 5.41) is 7.44. The van der Waals surface area contributed by atoms with E-state index in [1.165, 1.54) is 0 Å². The summed E-state index contributed by atoms with van der Waals surface area (Å²) in [5.74, 6) is 1.29. The fourth-order valence-corrected chi connectivity index (χ4v) is 3.22. The number of benzene rings is 1. The largest absolute Gasteiger partial charge is 0.384 e. The van der Waals surface area contributed by atoms with Crippen molar-refractivity contribution in [2.24, 2.45) is 11.7 Å². The third-order valence-electron chi connectivity index (χ3n) is 4.68. The molecule has 2 unspecified atom stereocenters. The second kappa shape index (κ2) is 13.6. The predicted molar refractivity (Wildman–Crippen MR) is 129 cm³/mol. The molecule has 2 atom stereocenters. The average molecular weight is 418 g/mol. The molecule has 170 valence electrons. The maximum Gasteiger partial charge on any atom is 0.254 e. The average Bonchev–Trinajstić information content (AvgIpc) is 3.26. The lowest BCUT2D eigenvalue weighted by atomic mass is 10.1. The van der Waals surface area contributed by atoms with E-state index in [0.29, 0.717) is 17.0 Å². The number of nitrogens with zero attached hydrogens (tertiary/aromatic N) is 2. The molecule has 1 fully saturated rings. The Bertz CT molecular complexity index is 760. The van der Waals surface area contributed by atoms with E-state index in [2.05, 4.69) is 16.9 Å². The monoisotopic (exact) mass is 417 g/mol. The number of carbonyl (C=O) groups excluding carboxylic acids is 1. The maximum absolute atomic E-state index is 12.9. The van der Waals surface area contributed by atoms with Crippen LogP contribution in [0.15, 0.2) is 24.3 Å². The van der Waals surface area contributed by atoms with Crippen molar-refractivity contribution in [1.82, 2.24) is 14.9 Å². The second-order valence-corrected chi connectivity index (χ2v) is 6.64. The van der Waals surface area contributed by atoms with Gasteiger partial charge < -0.3 is 15.6 Å². The van der Waals surface area contributed by atoms with Crippen molar-refractivity contribution in [1.29, 1.82) is 5.41 Å². The van der Waals surface area contributed by atoms with Gasteiger partial charge in [0, 0.05) is 23.4 Å². The Morgan fingerprint density at radius 2 is 1.60 bits per heavy atom. The lowest BCUT2D eigenvalue weighted by molar-refractivity contribution is 0.0727. The fraction of sp³-hybridized carbons (Fsp3) is 0.542. The minimum absolute atomic E-state index is 0. The van der Waals surface area contributed by atoms with Crippen LogP contribution < -0.4 is 5.73 Å². The number of nitrogens with one attached hydrogen (secondary N) is 2. The molecule has 1 aromatic carbocycles. The van der Waals surface area contributed by atoms with E-state index >= 15 is 0 Å². The first-order valence-electron chi connectivity index (χ1n) is 10.2. The number of nitrogens with two attached hydrogens (primary N) is 1. The molecule has 6 heteroatoms. The van der Waals surface area contributed by atoms with E-state index in [1.54, 1.807) is 24.3 Å². The summed E-state index contributed by atoms with van der Waals surface area (Å²) in [6.45, 7) is 14.8. The molecule has 0 spiro atoms. The first kappa shape index (κ1) is 29.6. The van der Waals surface area contributed by atoms with Crippen LogP contribution >= 0.6 is 0 Å². The molecular weight excluding hydrogens is 374 g/mol. The molecule has 1 aliphatic heterocycles. The molecule has 1 saturated heterocycles. The highest BCUT2D eigenvalue weighted by atomic mass is 16.2. The third kappa shape index (κ3) is 6.71. The molecule has 0 saturated carbocycles. The SMILES string of the molecule is C.C.CC.CC.Cc1nc(C2CC(C)CN2C(=O)c2ccc(C(=N)N)cc2)[nH]c1C. The number of amidine groups is 1. The van der Waals surface area contributed by atoms with Crippen molar-refractivity contribution in [2.45, 2.75) is 75.8 Å². The zero-order valence-electron chi connectivity index (χ0n) is 18.3. The van der Waals surface area contributed by atoms with E-state index in [9.17, 15) is 4.79 Å². The van der Waals surface area contributed by atoms with Gasteiger partial charge in [0.25, 0.3) is 5.91 Å². The molecule has 1 aromatic heterocycles. The van der Waals surface area contributed by atoms with Crippen LogP contribution in [0.25, 0.3) is 0 Å². The van der Waals surface area contributed by atoms with Crippen molar-refractivity contribution in [3.63, 3.8) is 0 Å². The molecule has 30 heavy (non-hydrogen) atoms. The number of hydrogen-bond donors (Lipinski definition) is 3. The van der Waals surface area contributed by atoms with Crippen molar-refractivity contribution in [3.8, 4) is 0 Å². The van der Waals surface area contributed by atoms with Crippen molar-refractivity contribution in [2.75, 3.05) is 6.54 Å². The summed E-state index contributed by atoms with van der Waals surface area (Å²) in [6, 6.07) is 6.87. The topological polar surface area (TPSA) is 98.9 Å². The molecule has 1 aliphatic rings. The Hall–Kier alpha value is -2.63. The normalized spacial score (nSPS) is 16.7. The lowest BCUT2D eigenvalue weighted by Gasteiger charge is -2.23. The predicted octanol–water partition coefficient (Wildman–Crippen LogP) is 5.86. The minimum atomic E-state index is -0.0209. The van der Waals surface area contributed by atoms with Crippen LogP contribution in [0.4, 0.5) is 0 Å². The van der Waals surface area contributed by atoms with Gasteiger partial charge >= 0.3 is 0 Å². The maximum atomic E-state index is 12.9. The van der Waals surface area contributed by atoms with Gasteiger partial charge in [-0.3, -0.25) is 10.2 Å². The van der Waals surface area contributed by atoms with Crippen molar-refractivity contribution < 1.29 is 4.79 Å². The number of carbonyl (C=O) groups is 1. The van der Waals surface area contributed by atoms with Gasteiger partial charge in [0.05, 0.1) is 11.7 Å². The van der Waals surface area contributed by atoms with E-state index < -0.39 is 0 Å². The van der Waals surface area contributed by atoms with Gasteiger partial charge in [0.1, 0.15) is 11.7 Å². The number of hydrogen-bond acceptors (Lipinski definition) is 3. The molecule has 4 N–H and O–H groups in total. The first-order valence-corrected chi connectivity index (χ1v) is 10.2. The van der Waals surface area contributed by atoms with Gasteiger partial charge in [-0.25, -0.2) is 4.98 Å². The van der Waals surface area contributed by atoms with Crippen LogP contribution in [0, 0.1) is 25.2 Å². The Balaban J connectivity index is 0. The molecule has 2 heterocycles. The summed E-state index contributed by atoms with van der Waals surface area (Å²) in [7, 11) is 0. The van der Waals surface area contributed by atoms with E-state index in [-0.39, 0.29) is 32.6 Å². The van der Waals surface area contributed by atoms with Crippen LogP contribution in [-0.2, 0) is 0 Å². The lowest BCUT2D eigenvalue weighted by Crippen LogP contribution is -2.31. The molecular formula is C24H43N5O. The summed E-state index contributed by atoms with van der Waals surface area (Å²) in [4.78, 5) is 22.8. The highest BCUT2D eigenvalue weighted by Gasteiger charge is 2.36. The van der Waals surface area contributed by atoms with Crippen LogP contribution in [0.5, 0.6) is 0 Å². The van der Waals surface area contributed by atoms with Crippen molar-refractivity contribution >= 4 is 11.7 Å². The number of nitrogen functional groups attached to an aromatic ring is 1. The van der Waals surface area contributed by atoms with Gasteiger partial charge in [-0.15, -0.1) is 0 Å². The molecule has 3 rings (SSSR count). The number of aromatic nitrogens is 2. The Kier molecular flexibility index (Phi) is 13.4. The van der Waals surface area contributed by atoms with Crippen molar-refractivity contribution in [3.05, 3.63) is 52.6 Å². The molecule has 6 nitrogen and oxygen atoms in total. The van der Waals surface area contributed by atoms with E-state index in [4.69, 9.17) is 11.1 Å². The van der Waals surface area contributed by atoms with Crippen LogP contribution in [0.3, 0.4) is 0 Å². The zero-order valence-corrected chi connectivity index (χ0v) is 18.3. The quantitative estimate of drug-likeness (QED) is 0.431. The second-order valence-electron chi connectivity index (χ2n) is 6.64. The van der Waals surface area contributed by atoms with Crippen LogP contribution in [0.1, 0.15) is 95.1 Å². The van der Waals surface area contributed by atoms with Gasteiger partial charge in [-0.2, -0.15) is 0 Å². The zero-order chi connectivity index (χ0) is 21.4. The standard InChI is InChI=1S/C18H23N5O.2C2H6.2CH4/c1-10-8-15(17-21-11(2)12(3)22-17)23(9-10)18(24)14-6-4-13(5-7-14)16(19)20;2*1-2;;/h4-7,10,15H,8-9H2,1-3H3,(H3,19,20)(H,21,22);2*1-2H3;2*1H4. The number of aromatic amines is 1. The summed E-state index contributed by atoms with van der Waals surface area (Å²) < 4.78 is 0. The number of H-pyrrole nitrogens is 1. The Morgan fingerprint density at radius 1 is 1.10 bits per heavy atom. The van der Waals surface area contributed by atoms with E-state index in [1.807, 2.05) is 46.4 Å². The molecule has 0 radical (unpaired) electrons. The van der Waals surface area contributed by atoms with Gasteiger partial charge in [0.2, 0.25) is 0 Å². The van der Waals surface area contributed by atoms with Crippen LogP contribution in [-0.4, -0.2) is 33.2 Å².